The van der Waals surface area contributed by atoms with Crippen molar-refractivity contribution in [1.29, 1.82) is 0 Å². The van der Waals surface area contributed by atoms with Crippen LogP contribution in [0.3, 0.4) is 0 Å². The molecule has 3 heterocycles. The maximum Gasteiger partial charge on any atom is 0.290 e. The molecule has 4 rings (SSSR count). The number of amides is 1. The van der Waals surface area contributed by atoms with Gasteiger partial charge >= 0.3 is 0 Å². The predicted molar refractivity (Wildman–Crippen MR) is 106 cm³/mol. The molecule has 0 aliphatic carbocycles. The Bertz CT molecular complexity index is 1200. The molecule has 1 aliphatic rings. The van der Waals surface area contributed by atoms with Gasteiger partial charge in [0.05, 0.1) is 4.90 Å². The minimum absolute atomic E-state index is 0.118. The number of sulfone groups is 1. The number of nitrogens with zero attached hydrogens (tertiary/aromatic N) is 3. The molecule has 152 valence electrons. The highest BCUT2D eigenvalue weighted by Crippen LogP contribution is 2.39. The second kappa shape index (κ2) is 7.63. The lowest BCUT2D eigenvalue weighted by Crippen LogP contribution is -2.23. The number of rotatable bonds is 2. The zero-order valence-electron chi connectivity index (χ0n) is 16.1. The molecule has 9 nitrogen and oxygen atoms in total. The van der Waals surface area contributed by atoms with Crippen LogP contribution in [0.4, 0.5) is 5.82 Å². The Morgan fingerprint density at radius 2 is 1.86 bits per heavy atom. The molecule has 0 bridgehead atoms. The lowest BCUT2D eigenvalue weighted by molar-refractivity contribution is -0.123. The third kappa shape index (κ3) is 3.97. The number of benzene rings is 1. The molecule has 1 amide bonds. The number of hydrogen-bond acceptors (Lipinski definition) is 6. The molecule has 2 aromatic heterocycles. The number of carbonyl (C=O) groups excluding carboxylic acids is 1. The standard InChI is InChI=1S/C18H18N4O3S.CH2O2/c1-10-8-11(2)22-18(19-10)16-14(9-15(23)20-17(16)21-22)12-4-6-13(7-5-12)26(3,24)25;2-1-3/h4-8,14H,9H2,1-3H3,(H,20,21,23);1H,(H,2,3). The fourth-order valence-corrected chi connectivity index (χ4v) is 4.08. The minimum atomic E-state index is -3.26. The molecule has 0 radical (unpaired) electrons. The van der Waals surface area contributed by atoms with Crippen LogP contribution in [0.5, 0.6) is 0 Å². The van der Waals surface area contributed by atoms with E-state index in [1.807, 2.05) is 19.9 Å². The molecular weight excluding hydrogens is 396 g/mol. The summed E-state index contributed by atoms with van der Waals surface area (Å²) in [5, 5.41) is 14.2. The van der Waals surface area contributed by atoms with Crippen LogP contribution in [0.15, 0.2) is 35.2 Å². The summed E-state index contributed by atoms with van der Waals surface area (Å²) in [6.07, 6.45) is 1.44. The molecule has 1 aromatic carbocycles. The van der Waals surface area contributed by atoms with Crippen molar-refractivity contribution < 1.29 is 23.1 Å². The number of carboxylic acid groups (broad SMARTS) is 1. The average Bonchev–Trinajstić information content (AvgIpc) is 2.99. The zero-order valence-corrected chi connectivity index (χ0v) is 16.9. The Kier molecular flexibility index (Phi) is 5.38. The summed E-state index contributed by atoms with van der Waals surface area (Å²) in [5.41, 5.74) is 4.26. The van der Waals surface area contributed by atoms with Gasteiger partial charge in [-0.2, -0.15) is 0 Å². The summed E-state index contributed by atoms with van der Waals surface area (Å²) >= 11 is 0. The number of fused-ring (bicyclic) bond motifs is 3. The van der Waals surface area contributed by atoms with Gasteiger partial charge in [-0.3, -0.25) is 9.59 Å². The van der Waals surface area contributed by atoms with Gasteiger partial charge in [0.1, 0.15) is 0 Å². The summed E-state index contributed by atoms with van der Waals surface area (Å²) in [7, 11) is -3.26. The first kappa shape index (κ1) is 20.5. The maximum absolute atomic E-state index is 12.2. The normalized spacial score (nSPS) is 15.8. The van der Waals surface area contributed by atoms with Gasteiger partial charge in [-0.1, -0.05) is 12.1 Å². The summed E-state index contributed by atoms with van der Waals surface area (Å²) in [6.45, 7) is 3.61. The first-order chi connectivity index (χ1) is 13.7. The van der Waals surface area contributed by atoms with E-state index in [4.69, 9.17) is 9.90 Å². The van der Waals surface area contributed by atoms with E-state index >= 15 is 0 Å². The monoisotopic (exact) mass is 416 g/mol. The molecule has 0 spiro atoms. The van der Waals surface area contributed by atoms with Crippen molar-refractivity contribution in [2.75, 3.05) is 11.6 Å². The topological polar surface area (TPSA) is 131 Å². The maximum atomic E-state index is 12.2. The molecule has 2 N–H and O–H groups in total. The summed E-state index contributed by atoms with van der Waals surface area (Å²) < 4.78 is 25.1. The Labute approximate surface area is 167 Å². The molecule has 1 atom stereocenters. The van der Waals surface area contributed by atoms with Crippen molar-refractivity contribution in [3.63, 3.8) is 0 Å². The Morgan fingerprint density at radius 3 is 2.45 bits per heavy atom. The molecule has 29 heavy (non-hydrogen) atoms. The lowest BCUT2D eigenvalue weighted by atomic mass is 9.87. The highest BCUT2D eigenvalue weighted by Gasteiger charge is 2.32. The van der Waals surface area contributed by atoms with Gasteiger partial charge in [0, 0.05) is 35.5 Å². The van der Waals surface area contributed by atoms with E-state index in [-0.39, 0.29) is 29.6 Å². The summed E-state index contributed by atoms with van der Waals surface area (Å²) in [5.74, 6) is 0.172. The van der Waals surface area contributed by atoms with Crippen molar-refractivity contribution in [2.45, 2.75) is 31.1 Å². The molecule has 0 fully saturated rings. The number of aryl methyl sites for hydroxylation is 2. The Balaban J connectivity index is 0.000000755. The molecule has 1 aliphatic heterocycles. The second-order valence-electron chi connectivity index (χ2n) is 6.79. The Hall–Kier alpha value is -3.27. The fraction of sp³-hybridized carbons (Fsp3) is 0.263. The summed E-state index contributed by atoms with van der Waals surface area (Å²) in [4.78, 5) is 25.4. The van der Waals surface area contributed by atoms with Crippen molar-refractivity contribution >= 4 is 33.7 Å². The molecule has 0 saturated carbocycles. The quantitative estimate of drug-likeness (QED) is 0.610. The van der Waals surface area contributed by atoms with E-state index < -0.39 is 9.84 Å². The number of nitrogens with one attached hydrogen (secondary N) is 1. The number of aromatic nitrogens is 3. The molecule has 10 heteroatoms. The van der Waals surface area contributed by atoms with Gasteiger partial charge < -0.3 is 10.4 Å². The van der Waals surface area contributed by atoms with Gasteiger partial charge in [0.15, 0.2) is 21.3 Å². The number of anilines is 1. The van der Waals surface area contributed by atoms with Crippen LogP contribution < -0.4 is 5.32 Å². The van der Waals surface area contributed by atoms with Gasteiger partial charge in [0.2, 0.25) is 5.91 Å². The van der Waals surface area contributed by atoms with Crippen LogP contribution in [-0.2, 0) is 19.4 Å². The minimum Gasteiger partial charge on any atom is -0.483 e. The van der Waals surface area contributed by atoms with Crippen LogP contribution in [0, 0.1) is 13.8 Å². The molecule has 3 aromatic rings. The first-order valence-electron chi connectivity index (χ1n) is 8.70. The average molecular weight is 416 g/mol. The van der Waals surface area contributed by atoms with Crippen LogP contribution in [0.1, 0.15) is 34.9 Å². The van der Waals surface area contributed by atoms with E-state index in [0.717, 1.165) is 28.2 Å². The highest BCUT2D eigenvalue weighted by molar-refractivity contribution is 7.90. The van der Waals surface area contributed by atoms with Crippen LogP contribution in [-0.4, -0.2) is 46.8 Å². The smallest absolute Gasteiger partial charge is 0.290 e. The third-order valence-electron chi connectivity index (χ3n) is 4.64. The second-order valence-corrected chi connectivity index (χ2v) is 8.80. The predicted octanol–water partition coefficient (Wildman–Crippen LogP) is 1.92. The third-order valence-corrected chi connectivity index (χ3v) is 5.77. The van der Waals surface area contributed by atoms with Crippen LogP contribution >= 0.6 is 0 Å². The molecule has 1 unspecified atom stereocenters. The van der Waals surface area contributed by atoms with Crippen LogP contribution in [0.25, 0.3) is 5.65 Å². The lowest BCUT2D eigenvalue weighted by Gasteiger charge is -2.22. The van der Waals surface area contributed by atoms with Crippen molar-refractivity contribution in [1.82, 2.24) is 14.6 Å². The van der Waals surface area contributed by atoms with Gasteiger partial charge in [-0.25, -0.2) is 17.9 Å². The van der Waals surface area contributed by atoms with Gasteiger partial charge in [-0.05, 0) is 37.6 Å². The highest BCUT2D eigenvalue weighted by atomic mass is 32.2. The van der Waals surface area contributed by atoms with E-state index in [1.54, 1.807) is 28.8 Å². The summed E-state index contributed by atoms with van der Waals surface area (Å²) in [6, 6.07) is 8.60. The van der Waals surface area contributed by atoms with E-state index in [2.05, 4.69) is 15.4 Å². The van der Waals surface area contributed by atoms with Crippen molar-refractivity contribution in [3.8, 4) is 0 Å². The number of hydrogen-bond donors (Lipinski definition) is 2. The zero-order chi connectivity index (χ0) is 21.3. The van der Waals surface area contributed by atoms with Crippen LogP contribution in [0.2, 0.25) is 0 Å². The number of carbonyl (C=O) groups is 2. The first-order valence-corrected chi connectivity index (χ1v) is 10.6. The van der Waals surface area contributed by atoms with Crippen molar-refractivity contribution in [3.05, 3.63) is 52.8 Å². The van der Waals surface area contributed by atoms with Crippen molar-refractivity contribution in [2.24, 2.45) is 0 Å². The largest absolute Gasteiger partial charge is 0.483 e. The van der Waals surface area contributed by atoms with E-state index in [9.17, 15) is 13.2 Å². The van der Waals surface area contributed by atoms with Gasteiger partial charge in [-0.15, -0.1) is 5.10 Å². The van der Waals surface area contributed by atoms with E-state index in [1.165, 1.54) is 6.26 Å². The molecule has 0 saturated heterocycles. The van der Waals surface area contributed by atoms with E-state index in [0.29, 0.717) is 5.82 Å². The molecular formula is C19H20N4O5S. The Morgan fingerprint density at radius 1 is 1.24 bits per heavy atom. The fourth-order valence-electron chi connectivity index (χ4n) is 3.45. The van der Waals surface area contributed by atoms with Gasteiger partial charge in [0.25, 0.3) is 6.47 Å². The SMILES string of the molecule is Cc1cc(C)n2nc3c(c2n1)C(c1ccc(S(C)(=O)=O)cc1)CC(=O)N3.O=CO.